The van der Waals surface area contributed by atoms with Gasteiger partial charge < -0.3 is 21.1 Å². The molecule has 0 fully saturated rings. The molecule has 0 bridgehead atoms. The molecule has 0 amide bonds. The summed E-state index contributed by atoms with van der Waals surface area (Å²) in [6, 6.07) is -0.500. The molecule has 0 saturated heterocycles. The van der Waals surface area contributed by atoms with E-state index in [1.165, 1.54) is 0 Å². The first-order valence-electron chi connectivity index (χ1n) is 5.31. The Balaban J connectivity index is 3.96. The Bertz CT molecular complexity index is 252. The van der Waals surface area contributed by atoms with Gasteiger partial charge in [-0.2, -0.15) is 0 Å². The molecule has 0 saturated carbocycles. The Labute approximate surface area is 97.2 Å². The molecule has 0 radical (unpaired) electrons. The molecule has 0 aliphatic rings. The van der Waals surface area contributed by atoms with E-state index in [2.05, 4.69) is 29.9 Å². The second kappa shape index (κ2) is 6.49. The lowest BCUT2D eigenvalue weighted by molar-refractivity contribution is -0.139. The molecule has 6 N–H and O–H groups in total. The maximum Gasteiger partial charge on any atom is 0.320 e. The van der Waals surface area contributed by atoms with Crippen LogP contribution in [0.4, 0.5) is 0 Å². The van der Waals surface area contributed by atoms with Crippen LogP contribution in [0.25, 0.3) is 0 Å². The van der Waals surface area contributed by atoms with Crippen molar-refractivity contribution >= 4 is 20.2 Å². The van der Waals surface area contributed by atoms with Crippen LogP contribution in [0.15, 0.2) is 0 Å². The van der Waals surface area contributed by atoms with Gasteiger partial charge in [0.15, 0.2) is 5.96 Å². The first-order valence-corrected chi connectivity index (χ1v) is 8.81. The van der Waals surface area contributed by atoms with Crippen molar-refractivity contribution in [3.63, 3.8) is 0 Å². The van der Waals surface area contributed by atoms with Crippen LogP contribution >= 0.6 is 0 Å². The van der Waals surface area contributed by atoms with E-state index in [-0.39, 0.29) is 5.96 Å². The molecule has 0 rings (SSSR count). The topological polar surface area (TPSA) is 111 Å². The molecule has 0 spiro atoms. The number of guanidine groups is 1. The summed E-state index contributed by atoms with van der Waals surface area (Å²) in [5, 5.41) is 18.6. The van der Waals surface area contributed by atoms with Crippen molar-refractivity contribution in [3.8, 4) is 0 Å². The molecule has 0 aromatic heterocycles. The lowest BCUT2D eigenvalue weighted by Gasteiger charge is -2.24. The number of carboxylic acid groups (broad SMARTS) is 1. The Hall–Kier alpha value is -1.08. The highest BCUT2D eigenvalue weighted by Crippen LogP contribution is 2.03. The van der Waals surface area contributed by atoms with Gasteiger partial charge in [-0.05, 0) is 12.8 Å². The Morgan fingerprint density at radius 1 is 1.50 bits per heavy atom. The summed E-state index contributed by atoms with van der Waals surface area (Å²) in [6.45, 7) is 6.73. The van der Waals surface area contributed by atoms with Gasteiger partial charge in [0, 0.05) is 6.54 Å². The van der Waals surface area contributed by atoms with Gasteiger partial charge in [-0.1, -0.05) is 19.6 Å². The highest BCUT2D eigenvalue weighted by Gasteiger charge is 2.23. The number of hydrogen-bond acceptors (Lipinski definition) is 3. The number of carbonyl (C=O) groups is 1. The van der Waals surface area contributed by atoms with Crippen LogP contribution in [0.1, 0.15) is 12.8 Å². The molecule has 0 unspecified atom stereocenters. The van der Waals surface area contributed by atoms with Crippen LogP contribution in [0.2, 0.25) is 19.6 Å². The fraction of sp³-hybridized carbons (Fsp3) is 0.778. The molecule has 1 atom stereocenters. The average Bonchev–Trinajstić information content (AvgIpc) is 2.07. The Morgan fingerprint density at radius 2 is 2.06 bits per heavy atom. The van der Waals surface area contributed by atoms with E-state index in [1.807, 2.05) is 0 Å². The van der Waals surface area contributed by atoms with Crippen LogP contribution in [0, 0.1) is 5.41 Å². The zero-order valence-electron chi connectivity index (χ0n) is 10.1. The fourth-order valence-corrected chi connectivity index (χ4v) is 2.62. The molecule has 16 heavy (non-hydrogen) atoms. The predicted octanol–water partition coefficient (Wildman–Crippen LogP) is 0.127. The molecule has 0 heterocycles. The van der Waals surface area contributed by atoms with Crippen molar-refractivity contribution in [2.45, 2.75) is 38.5 Å². The third-order valence-corrected chi connectivity index (χ3v) is 3.10. The van der Waals surface area contributed by atoms with E-state index in [1.54, 1.807) is 0 Å². The second-order valence-corrected chi connectivity index (χ2v) is 9.56. The summed E-state index contributed by atoms with van der Waals surface area (Å²) in [7, 11) is -1.58. The molecule has 0 aromatic carbocycles. The summed E-state index contributed by atoms with van der Waals surface area (Å²) >= 11 is 0. The van der Waals surface area contributed by atoms with E-state index in [0.29, 0.717) is 19.4 Å². The molecule has 6 nitrogen and oxygen atoms in total. The van der Waals surface area contributed by atoms with Crippen LogP contribution in [-0.4, -0.2) is 37.9 Å². The zero-order chi connectivity index (χ0) is 12.8. The molecular weight excluding hydrogens is 224 g/mol. The van der Waals surface area contributed by atoms with Crippen molar-refractivity contribution in [1.29, 1.82) is 5.41 Å². The zero-order valence-corrected chi connectivity index (χ0v) is 11.1. The molecule has 0 aliphatic carbocycles. The number of hydrogen-bond donors (Lipinski definition) is 5. The van der Waals surface area contributed by atoms with Crippen LogP contribution in [-0.2, 0) is 4.79 Å². The van der Waals surface area contributed by atoms with Crippen molar-refractivity contribution in [3.05, 3.63) is 0 Å². The van der Waals surface area contributed by atoms with Gasteiger partial charge in [-0.3, -0.25) is 10.2 Å². The quantitative estimate of drug-likeness (QED) is 0.190. The van der Waals surface area contributed by atoms with Crippen molar-refractivity contribution in [2.24, 2.45) is 5.73 Å². The first-order chi connectivity index (χ1) is 7.22. The average molecular weight is 246 g/mol. The number of rotatable bonds is 7. The number of nitrogens with two attached hydrogens (primary N) is 1. The lowest BCUT2D eigenvalue weighted by Crippen LogP contribution is -2.51. The Kier molecular flexibility index (Phi) is 6.05. The van der Waals surface area contributed by atoms with Gasteiger partial charge in [0.2, 0.25) is 0 Å². The maximum absolute atomic E-state index is 11.0. The standard InChI is InChI=1S/C9H22N4O2Si/c1-16(2,3)13-7(8(14)15)5-4-6-12-9(10)11/h7,13H,4-6H2,1-3H3,(H,14,15)(H4,10,11,12)/t7-/m0/s1. The minimum atomic E-state index is -1.58. The highest BCUT2D eigenvalue weighted by atomic mass is 28.3. The van der Waals surface area contributed by atoms with Crippen molar-refractivity contribution in [2.75, 3.05) is 6.54 Å². The summed E-state index contributed by atoms with van der Waals surface area (Å²) < 4.78 is 0. The van der Waals surface area contributed by atoms with E-state index in [4.69, 9.17) is 16.2 Å². The Morgan fingerprint density at radius 3 is 2.44 bits per heavy atom. The SMILES string of the molecule is C[Si](C)(C)N[C@@H](CCCNC(=N)N)C(=O)O. The van der Waals surface area contributed by atoms with Gasteiger partial charge in [0.05, 0.1) is 6.04 Å². The number of nitrogens with one attached hydrogen (secondary N) is 3. The summed E-state index contributed by atoms with van der Waals surface area (Å²) in [6.07, 6.45) is 1.22. The monoisotopic (exact) mass is 246 g/mol. The third-order valence-electron chi connectivity index (χ3n) is 1.89. The number of carboxylic acids is 1. The predicted molar refractivity (Wildman–Crippen MR) is 67.1 cm³/mol. The molecule has 94 valence electrons. The fourth-order valence-electron chi connectivity index (χ4n) is 1.31. The number of aliphatic carboxylic acids is 1. The van der Waals surface area contributed by atoms with Crippen molar-refractivity contribution in [1.82, 2.24) is 10.3 Å². The summed E-state index contributed by atoms with van der Waals surface area (Å²) in [4.78, 5) is 14.1. The normalized spacial score (nSPS) is 13.2. The van der Waals surface area contributed by atoms with Gasteiger partial charge in [-0.25, -0.2) is 0 Å². The smallest absolute Gasteiger partial charge is 0.320 e. The lowest BCUT2D eigenvalue weighted by atomic mass is 10.2. The second-order valence-electron chi connectivity index (χ2n) is 4.77. The molecule has 0 aromatic rings. The van der Waals surface area contributed by atoms with Crippen LogP contribution in [0.5, 0.6) is 0 Å². The molecular formula is C9H22N4O2Si. The summed E-state index contributed by atoms with van der Waals surface area (Å²) in [5.41, 5.74) is 5.12. The van der Waals surface area contributed by atoms with Gasteiger partial charge in [-0.15, -0.1) is 0 Å². The van der Waals surface area contributed by atoms with Crippen LogP contribution < -0.4 is 16.0 Å². The first kappa shape index (κ1) is 14.9. The largest absolute Gasteiger partial charge is 0.480 e. The van der Waals surface area contributed by atoms with Gasteiger partial charge in [0.25, 0.3) is 0 Å². The molecule has 7 heteroatoms. The van der Waals surface area contributed by atoms with E-state index >= 15 is 0 Å². The van der Waals surface area contributed by atoms with Gasteiger partial charge in [0.1, 0.15) is 8.24 Å². The van der Waals surface area contributed by atoms with E-state index < -0.39 is 20.2 Å². The van der Waals surface area contributed by atoms with Crippen molar-refractivity contribution < 1.29 is 9.90 Å². The third kappa shape index (κ3) is 8.24. The van der Waals surface area contributed by atoms with E-state index in [0.717, 1.165) is 0 Å². The maximum atomic E-state index is 11.0. The minimum absolute atomic E-state index is 0.0787. The summed E-state index contributed by atoms with van der Waals surface area (Å²) in [5.74, 6) is -0.893. The van der Waals surface area contributed by atoms with E-state index in [9.17, 15) is 4.79 Å². The minimum Gasteiger partial charge on any atom is -0.480 e. The highest BCUT2D eigenvalue weighted by molar-refractivity contribution is 6.73. The van der Waals surface area contributed by atoms with Gasteiger partial charge >= 0.3 is 5.97 Å². The molecule has 0 aliphatic heterocycles. The van der Waals surface area contributed by atoms with Crippen LogP contribution in [0.3, 0.4) is 0 Å².